The smallest absolute Gasteiger partial charge is 0.320 e. The summed E-state index contributed by atoms with van der Waals surface area (Å²) in [5.74, 6) is -1.08. The van der Waals surface area contributed by atoms with Gasteiger partial charge in [0.1, 0.15) is 12.6 Å². The minimum absolute atomic E-state index is 0.189. The van der Waals surface area contributed by atoms with Crippen LogP contribution in [0, 0.1) is 5.82 Å². The van der Waals surface area contributed by atoms with E-state index in [1.54, 1.807) is 30.1 Å². The number of rotatable bonds is 7. The molecule has 1 aromatic carbocycles. The second-order valence-corrected chi connectivity index (χ2v) is 4.02. The number of likely N-dealkylation sites (N-methyl/N-ethyl adjacent to an activating group) is 1. The van der Waals surface area contributed by atoms with Crippen molar-refractivity contribution in [3.05, 3.63) is 30.1 Å². The van der Waals surface area contributed by atoms with Gasteiger partial charge in [-0.3, -0.25) is 9.69 Å². The van der Waals surface area contributed by atoms with E-state index < -0.39 is 17.8 Å². The van der Waals surface area contributed by atoms with Crippen LogP contribution >= 0.6 is 0 Å². The first-order valence-corrected chi connectivity index (χ1v) is 5.86. The Kier molecular flexibility index (Phi) is 5.58. The number of halogens is 1. The van der Waals surface area contributed by atoms with Gasteiger partial charge in [0.25, 0.3) is 0 Å². The van der Waals surface area contributed by atoms with Crippen LogP contribution in [0.25, 0.3) is 0 Å². The fraction of sp³-hybridized carbons (Fsp3) is 0.462. The molecule has 0 aliphatic rings. The number of carbonyl (C=O) groups is 1. The van der Waals surface area contributed by atoms with Gasteiger partial charge in [0.15, 0.2) is 11.6 Å². The number of nitrogens with zero attached hydrogens (tertiary/aromatic N) is 1. The first kappa shape index (κ1) is 14.4. The molecule has 0 amide bonds. The fourth-order valence-electron chi connectivity index (χ4n) is 1.69. The molecular formula is C13H18FNO3. The summed E-state index contributed by atoms with van der Waals surface area (Å²) < 4.78 is 18.5. The van der Waals surface area contributed by atoms with E-state index in [0.29, 0.717) is 13.0 Å². The summed E-state index contributed by atoms with van der Waals surface area (Å²) in [6.45, 7) is 2.49. The monoisotopic (exact) mass is 255 g/mol. The van der Waals surface area contributed by atoms with E-state index in [1.165, 1.54) is 6.07 Å². The van der Waals surface area contributed by atoms with Crippen LogP contribution in [-0.2, 0) is 4.79 Å². The summed E-state index contributed by atoms with van der Waals surface area (Å²) in [5, 5.41) is 8.96. The van der Waals surface area contributed by atoms with Crippen molar-refractivity contribution in [2.75, 3.05) is 20.2 Å². The van der Waals surface area contributed by atoms with Crippen LogP contribution in [0.5, 0.6) is 5.75 Å². The number of hydrogen-bond donors (Lipinski definition) is 1. The van der Waals surface area contributed by atoms with Crippen LogP contribution in [0.15, 0.2) is 24.3 Å². The van der Waals surface area contributed by atoms with Crippen molar-refractivity contribution in [3.8, 4) is 5.75 Å². The fourth-order valence-corrected chi connectivity index (χ4v) is 1.69. The number of carboxylic acids is 1. The van der Waals surface area contributed by atoms with Crippen molar-refractivity contribution in [3.63, 3.8) is 0 Å². The molecule has 1 unspecified atom stereocenters. The number of benzene rings is 1. The van der Waals surface area contributed by atoms with Crippen molar-refractivity contribution in [1.29, 1.82) is 0 Å². The van der Waals surface area contributed by atoms with Gasteiger partial charge in [0.2, 0.25) is 0 Å². The predicted molar refractivity (Wildman–Crippen MR) is 66.2 cm³/mol. The van der Waals surface area contributed by atoms with Gasteiger partial charge in [-0.05, 0) is 25.6 Å². The summed E-state index contributed by atoms with van der Waals surface area (Å²) in [6.07, 6.45) is 0.519. The standard InChI is InChI=1S/C13H18FNO3/c1-3-11(13(16)17)15(2)8-9-18-12-7-5-4-6-10(12)14/h4-7,11H,3,8-9H2,1-2H3,(H,16,17). The molecule has 18 heavy (non-hydrogen) atoms. The van der Waals surface area contributed by atoms with E-state index in [4.69, 9.17) is 9.84 Å². The van der Waals surface area contributed by atoms with Gasteiger partial charge in [0.05, 0.1) is 0 Å². The third-order valence-corrected chi connectivity index (χ3v) is 2.74. The maximum absolute atomic E-state index is 13.2. The number of hydrogen-bond acceptors (Lipinski definition) is 3. The molecule has 0 aromatic heterocycles. The van der Waals surface area contributed by atoms with Crippen molar-refractivity contribution < 1.29 is 19.0 Å². The third kappa shape index (κ3) is 4.00. The lowest BCUT2D eigenvalue weighted by Crippen LogP contribution is -2.40. The zero-order chi connectivity index (χ0) is 13.5. The van der Waals surface area contributed by atoms with Gasteiger partial charge in [-0.15, -0.1) is 0 Å². The summed E-state index contributed by atoms with van der Waals surface area (Å²) in [4.78, 5) is 12.6. The minimum atomic E-state index is -0.856. The summed E-state index contributed by atoms with van der Waals surface area (Å²) in [7, 11) is 1.72. The van der Waals surface area contributed by atoms with E-state index in [1.807, 2.05) is 6.92 Å². The average Bonchev–Trinajstić information content (AvgIpc) is 2.32. The molecule has 1 aromatic rings. The van der Waals surface area contributed by atoms with Crippen molar-refractivity contribution in [2.24, 2.45) is 0 Å². The highest BCUT2D eigenvalue weighted by molar-refractivity contribution is 5.73. The maximum Gasteiger partial charge on any atom is 0.320 e. The summed E-state index contributed by atoms with van der Waals surface area (Å²) in [6, 6.07) is 5.61. The molecular weight excluding hydrogens is 237 g/mol. The van der Waals surface area contributed by atoms with Crippen LogP contribution < -0.4 is 4.74 Å². The normalized spacial score (nSPS) is 12.4. The van der Waals surface area contributed by atoms with E-state index in [9.17, 15) is 9.18 Å². The highest BCUT2D eigenvalue weighted by Gasteiger charge is 2.19. The quantitative estimate of drug-likeness (QED) is 0.809. The Hall–Kier alpha value is -1.62. The first-order chi connectivity index (χ1) is 8.56. The molecule has 5 heteroatoms. The van der Waals surface area contributed by atoms with Crippen LogP contribution in [0.2, 0.25) is 0 Å². The molecule has 1 rings (SSSR count). The van der Waals surface area contributed by atoms with Crippen LogP contribution in [-0.4, -0.2) is 42.2 Å². The molecule has 0 saturated carbocycles. The lowest BCUT2D eigenvalue weighted by atomic mass is 10.2. The van der Waals surface area contributed by atoms with Gasteiger partial charge >= 0.3 is 5.97 Å². The van der Waals surface area contributed by atoms with Crippen molar-refractivity contribution in [2.45, 2.75) is 19.4 Å². The second-order valence-electron chi connectivity index (χ2n) is 4.02. The Labute approximate surface area is 106 Å². The molecule has 0 spiro atoms. The number of para-hydroxylation sites is 1. The number of aliphatic carboxylic acids is 1. The lowest BCUT2D eigenvalue weighted by Gasteiger charge is -2.23. The SMILES string of the molecule is CCC(C(=O)O)N(C)CCOc1ccccc1F. The Bertz CT molecular complexity index is 398. The van der Waals surface area contributed by atoms with Crippen LogP contribution in [0.4, 0.5) is 4.39 Å². The zero-order valence-corrected chi connectivity index (χ0v) is 10.6. The van der Waals surface area contributed by atoms with E-state index >= 15 is 0 Å². The molecule has 0 bridgehead atoms. The van der Waals surface area contributed by atoms with E-state index in [0.717, 1.165) is 0 Å². The second kappa shape index (κ2) is 6.96. The average molecular weight is 255 g/mol. The molecule has 100 valence electrons. The maximum atomic E-state index is 13.2. The third-order valence-electron chi connectivity index (χ3n) is 2.74. The predicted octanol–water partition coefficient (Wildman–Crippen LogP) is 2.00. The Balaban J connectivity index is 2.42. The molecule has 0 aliphatic carbocycles. The van der Waals surface area contributed by atoms with E-state index in [-0.39, 0.29) is 12.4 Å². The molecule has 1 N–H and O–H groups in total. The van der Waals surface area contributed by atoms with Gasteiger partial charge in [-0.25, -0.2) is 4.39 Å². The Morgan fingerprint density at radius 2 is 2.17 bits per heavy atom. The zero-order valence-electron chi connectivity index (χ0n) is 10.6. The molecule has 1 atom stereocenters. The van der Waals surface area contributed by atoms with Crippen molar-refractivity contribution >= 4 is 5.97 Å². The molecule has 0 radical (unpaired) electrons. The highest BCUT2D eigenvalue weighted by Crippen LogP contribution is 2.15. The summed E-state index contributed by atoms with van der Waals surface area (Å²) in [5.41, 5.74) is 0. The highest BCUT2D eigenvalue weighted by atomic mass is 19.1. The summed E-state index contributed by atoms with van der Waals surface area (Å²) >= 11 is 0. The van der Waals surface area contributed by atoms with E-state index in [2.05, 4.69) is 0 Å². The molecule has 0 saturated heterocycles. The van der Waals surface area contributed by atoms with Gasteiger partial charge in [0, 0.05) is 6.54 Å². The van der Waals surface area contributed by atoms with Crippen LogP contribution in [0.3, 0.4) is 0 Å². The Morgan fingerprint density at radius 1 is 1.50 bits per heavy atom. The largest absolute Gasteiger partial charge is 0.489 e. The topological polar surface area (TPSA) is 49.8 Å². The number of ether oxygens (including phenoxy) is 1. The molecule has 4 nitrogen and oxygen atoms in total. The molecule has 0 aliphatic heterocycles. The molecule has 0 fully saturated rings. The van der Waals surface area contributed by atoms with Crippen LogP contribution in [0.1, 0.15) is 13.3 Å². The first-order valence-electron chi connectivity index (χ1n) is 5.86. The number of carboxylic acid groups (broad SMARTS) is 1. The van der Waals surface area contributed by atoms with Gasteiger partial charge < -0.3 is 9.84 Å². The lowest BCUT2D eigenvalue weighted by molar-refractivity contribution is -0.143. The Morgan fingerprint density at radius 3 is 2.72 bits per heavy atom. The van der Waals surface area contributed by atoms with Crippen molar-refractivity contribution in [1.82, 2.24) is 4.90 Å². The molecule has 0 heterocycles. The van der Waals surface area contributed by atoms with Gasteiger partial charge in [-0.1, -0.05) is 19.1 Å². The minimum Gasteiger partial charge on any atom is -0.489 e. The van der Waals surface area contributed by atoms with Gasteiger partial charge in [-0.2, -0.15) is 0 Å².